The predicted molar refractivity (Wildman–Crippen MR) is 139 cm³/mol. The van der Waals surface area contributed by atoms with E-state index in [1.807, 2.05) is 7.05 Å². The van der Waals surface area contributed by atoms with Crippen molar-refractivity contribution in [1.29, 1.82) is 0 Å². The summed E-state index contributed by atoms with van der Waals surface area (Å²) in [4.78, 5) is 16.2. The van der Waals surface area contributed by atoms with Crippen molar-refractivity contribution in [3.05, 3.63) is 47.1 Å². The van der Waals surface area contributed by atoms with Gasteiger partial charge in [-0.2, -0.15) is 13.2 Å². The molecule has 36 heavy (non-hydrogen) atoms. The van der Waals surface area contributed by atoms with Crippen molar-refractivity contribution in [2.75, 3.05) is 30.4 Å². The lowest BCUT2D eigenvalue weighted by molar-refractivity contribution is -0.126. The molecule has 1 aromatic carbocycles. The third kappa shape index (κ3) is 4.58. The van der Waals surface area contributed by atoms with E-state index in [-0.39, 0.29) is 10.8 Å². The van der Waals surface area contributed by atoms with Gasteiger partial charge < -0.3 is 10.2 Å². The summed E-state index contributed by atoms with van der Waals surface area (Å²) in [5.41, 5.74) is 2.87. The van der Waals surface area contributed by atoms with E-state index in [1.165, 1.54) is 24.7 Å². The lowest BCUT2D eigenvalue weighted by atomic mass is 9.85. The van der Waals surface area contributed by atoms with Crippen molar-refractivity contribution in [2.24, 2.45) is 10.4 Å². The zero-order valence-electron chi connectivity index (χ0n) is 20.3. The highest BCUT2D eigenvalue weighted by molar-refractivity contribution is 7.18. The van der Waals surface area contributed by atoms with E-state index in [0.717, 1.165) is 67.0 Å². The third-order valence-corrected chi connectivity index (χ3v) is 9.21. The molecule has 2 aromatic heterocycles. The molecule has 1 saturated heterocycles. The van der Waals surface area contributed by atoms with Gasteiger partial charge in [-0.3, -0.25) is 4.99 Å². The summed E-state index contributed by atoms with van der Waals surface area (Å²) in [6, 6.07) is 10.9. The number of anilines is 2. The van der Waals surface area contributed by atoms with Crippen LogP contribution in [-0.4, -0.2) is 48.5 Å². The molecule has 0 radical (unpaired) electrons. The number of aliphatic imine (C=N–C) groups is 1. The van der Waals surface area contributed by atoms with Crippen molar-refractivity contribution in [1.82, 2.24) is 9.97 Å². The normalized spacial score (nSPS) is 25.4. The van der Waals surface area contributed by atoms with Crippen LogP contribution in [0.25, 0.3) is 10.2 Å². The van der Waals surface area contributed by atoms with Crippen LogP contribution in [0.15, 0.2) is 41.7 Å². The van der Waals surface area contributed by atoms with Crippen molar-refractivity contribution in [2.45, 2.75) is 62.6 Å². The van der Waals surface area contributed by atoms with Crippen LogP contribution < -0.4 is 10.2 Å². The van der Waals surface area contributed by atoms with Crippen LogP contribution in [0.4, 0.5) is 24.7 Å². The minimum absolute atomic E-state index is 0.153. The van der Waals surface area contributed by atoms with E-state index in [4.69, 9.17) is 0 Å². The molecule has 2 saturated carbocycles. The first-order valence-corrected chi connectivity index (χ1v) is 13.4. The number of hydrogen-bond donors (Lipinski definition) is 1. The van der Waals surface area contributed by atoms with E-state index in [0.29, 0.717) is 15.7 Å². The van der Waals surface area contributed by atoms with Gasteiger partial charge in [0.1, 0.15) is 17.0 Å². The molecule has 3 aliphatic rings. The smallest absolute Gasteiger partial charge is 0.382 e. The Kier molecular flexibility index (Phi) is 5.74. The molecule has 5 nitrogen and oxygen atoms in total. The number of nitrogens with zero attached hydrogens (tertiary/aromatic N) is 4. The monoisotopic (exact) mass is 513 g/mol. The molecular weight excluding hydrogens is 483 g/mol. The molecule has 2 atom stereocenters. The van der Waals surface area contributed by atoms with Crippen LogP contribution in [0.3, 0.4) is 0 Å². The van der Waals surface area contributed by atoms with Gasteiger partial charge in [0, 0.05) is 48.4 Å². The summed E-state index contributed by atoms with van der Waals surface area (Å²) in [5.74, 6) is 0.776. The fourth-order valence-corrected chi connectivity index (χ4v) is 7.28. The molecular formula is C27H30F3N5S. The fourth-order valence-electron chi connectivity index (χ4n) is 6.25. The molecule has 0 bridgehead atoms. The molecule has 1 N–H and O–H groups in total. The Bertz CT molecular complexity index is 1280. The van der Waals surface area contributed by atoms with Gasteiger partial charge in [-0.15, -0.1) is 11.3 Å². The van der Waals surface area contributed by atoms with Crippen molar-refractivity contribution >= 4 is 39.3 Å². The zero-order valence-corrected chi connectivity index (χ0v) is 21.1. The third-order valence-electron chi connectivity index (χ3n) is 8.17. The highest BCUT2D eigenvalue weighted by atomic mass is 32.1. The van der Waals surface area contributed by atoms with Crippen LogP contribution in [0.5, 0.6) is 0 Å². The van der Waals surface area contributed by atoms with Crippen LogP contribution in [0.2, 0.25) is 0 Å². The molecule has 3 fully saturated rings. The number of halogens is 3. The molecule has 0 amide bonds. The van der Waals surface area contributed by atoms with Gasteiger partial charge in [0.15, 0.2) is 0 Å². The molecule has 1 aliphatic heterocycles. The molecule has 3 heterocycles. The maximum atomic E-state index is 12.9. The second-order valence-corrected chi connectivity index (χ2v) is 11.9. The minimum Gasteiger partial charge on any atom is -0.382 e. The van der Waals surface area contributed by atoms with Crippen LogP contribution >= 0.6 is 11.3 Å². The Hall–Kier alpha value is -2.68. The highest BCUT2D eigenvalue weighted by Gasteiger charge is 2.45. The van der Waals surface area contributed by atoms with Crippen molar-refractivity contribution in [3.63, 3.8) is 0 Å². The first-order chi connectivity index (χ1) is 17.3. The van der Waals surface area contributed by atoms with Crippen molar-refractivity contribution < 1.29 is 13.2 Å². The van der Waals surface area contributed by atoms with Gasteiger partial charge >= 0.3 is 6.18 Å². The molecule has 190 valence electrons. The predicted octanol–water partition coefficient (Wildman–Crippen LogP) is 6.39. The Morgan fingerprint density at radius 2 is 1.97 bits per heavy atom. The summed E-state index contributed by atoms with van der Waals surface area (Å²) in [5, 5.41) is 4.49. The largest absolute Gasteiger partial charge is 0.393 e. The summed E-state index contributed by atoms with van der Waals surface area (Å²) in [6.07, 6.45) is 5.21. The summed E-state index contributed by atoms with van der Waals surface area (Å²) in [6.45, 7) is 1.76. The first-order valence-electron chi connectivity index (χ1n) is 12.6. The highest BCUT2D eigenvalue weighted by Crippen LogP contribution is 2.49. The van der Waals surface area contributed by atoms with E-state index >= 15 is 0 Å². The summed E-state index contributed by atoms with van der Waals surface area (Å²) in [7, 11) is 1.84. The van der Waals surface area contributed by atoms with Gasteiger partial charge in [0.25, 0.3) is 0 Å². The Morgan fingerprint density at radius 3 is 2.69 bits per heavy atom. The van der Waals surface area contributed by atoms with E-state index in [2.05, 4.69) is 55.7 Å². The average molecular weight is 514 g/mol. The van der Waals surface area contributed by atoms with Gasteiger partial charge in [0.05, 0.1) is 11.8 Å². The molecule has 2 unspecified atom stereocenters. The van der Waals surface area contributed by atoms with Gasteiger partial charge in [-0.25, -0.2) is 9.97 Å². The standard InChI is InChI=1S/C27H30F3N5S/c1-31-15-26(8-9-26)18-2-4-19(5-3-18)34-20-6-7-25(13-20)10-11-35(16-25)23-22-12-21(14-27(28,29)30)36-24(22)33-17-32-23/h2-5,12,15,17,20,34H,6-11,13-14,16H2,1H3. The quantitative estimate of drug-likeness (QED) is 0.388. The molecule has 9 heteroatoms. The van der Waals surface area contributed by atoms with E-state index in [1.54, 1.807) is 6.07 Å². The number of fused-ring (bicyclic) bond motifs is 1. The van der Waals surface area contributed by atoms with Gasteiger partial charge in [-0.05, 0) is 67.7 Å². The van der Waals surface area contributed by atoms with Gasteiger partial charge in [-0.1, -0.05) is 12.1 Å². The lowest BCUT2D eigenvalue weighted by Gasteiger charge is -2.25. The number of rotatable bonds is 6. The second-order valence-electron chi connectivity index (χ2n) is 10.8. The zero-order chi connectivity index (χ0) is 25.0. The Labute approximate surface area is 212 Å². The molecule has 2 aliphatic carbocycles. The Morgan fingerprint density at radius 1 is 1.17 bits per heavy atom. The lowest BCUT2D eigenvalue weighted by Crippen LogP contribution is -2.27. The first kappa shape index (κ1) is 23.7. The van der Waals surface area contributed by atoms with Crippen LogP contribution in [0, 0.1) is 5.41 Å². The Balaban J connectivity index is 1.12. The van der Waals surface area contributed by atoms with E-state index < -0.39 is 12.6 Å². The average Bonchev–Trinajstić information content (AvgIpc) is 3.15. The minimum atomic E-state index is -4.22. The number of thiophene rings is 1. The number of benzene rings is 1. The maximum absolute atomic E-state index is 12.9. The second kappa shape index (κ2) is 8.71. The number of aromatic nitrogens is 2. The summed E-state index contributed by atoms with van der Waals surface area (Å²) < 4.78 is 38.8. The fraction of sp³-hybridized carbons (Fsp3) is 0.519. The number of hydrogen-bond acceptors (Lipinski definition) is 6. The van der Waals surface area contributed by atoms with Crippen LogP contribution in [0.1, 0.15) is 49.0 Å². The maximum Gasteiger partial charge on any atom is 0.393 e. The molecule has 3 aromatic rings. The van der Waals surface area contributed by atoms with E-state index in [9.17, 15) is 13.2 Å². The molecule has 1 spiro atoms. The van der Waals surface area contributed by atoms with Crippen molar-refractivity contribution in [3.8, 4) is 0 Å². The number of alkyl halides is 3. The van der Waals surface area contributed by atoms with Gasteiger partial charge in [0.2, 0.25) is 0 Å². The molecule has 6 rings (SSSR count). The van der Waals surface area contributed by atoms with Crippen LogP contribution in [-0.2, 0) is 11.8 Å². The SMILES string of the molecule is CN=CC1(c2ccc(NC3CCC4(CCN(c5ncnc6sc(CC(F)(F)F)cc56)C4)C3)cc2)CC1. The summed E-state index contributed by atoms with van der Waals surface area (Å²) >= 11 is 1.12. The number of nitrogens with one attached hydrogen (secondary N) is 1. The topological polar surface area (TPSA) is 53.4 Å².